The van der Waals surface area contributed by atoms with Crippen molar-refractivity contribution in [1.82, 2.24) is 10.2 Å². The first-order valence-corrected chi connectivity index (χ1v) is 10.7. The molecular formula is C24H31N3O3. The number of amides is 1. The molecule has 0 aromatic heterocycles. The van der Waals surface area contributed by atoms with Crippen LogP contribution < -0.4 is 15.0 Å². The first-order valence-electron chi connectivity index (χ1n) is 10.7. The summed E-state index contributed by atoms with van der Waals surface area (Å²) in [5.41, 5.74) is 4.54. The number of ether oxygens (including phenoxy) is 2. The Hall–Kier alpha value is -2.57. The number of nitrogens with zero attached hydrogens (tertiary/aromatic N) is 2. The van der Waals surface area contributed by atoms with Crippen LogP contribution in [0.1, 0.15) is 33.9 Å². The number of morpholine rings is 1. The summed E-state index contributed by atoms with van der Waals surface area (Å²) in [7, 11) is 3.75. The summed E-state index contributed by atoms with van der Waals surface area (Å²) < 4.78 is 10.9. The van der Waals surface area contributed by atoms with Crippen molar-refractivity contribution in [3.05, 3.63) is 59.2 Å². The second-order valence-corrected chi connectivity index (χ2v) is 7.99. The smallest absolute Gasteiger partial charge is 0.255 e. The molecule has 0 saturated carbocycles. The van der Waals surface area contributed by atoms with Gasteiger partial charge in [0, 0.05) is 38.9 Å². The molecule has 1 unspecified atom stereocenters. The molecule has 1 N–H and O–H groups in total. The Morgan fingerprint density at radius 3 is 2.77 bits per heavy atom. The Labute approximate surface area is 178 Å². The molecule has 160 valence electrons. The van der Waals surface area contributed by atoms with Crippen molar-refractivity contribution in [3.8, 4) is 5.75 Å². The second-order valence-electron chi connectivity index (χ2n) is 7.99. The van der Waals surface area contributed by atoms with E-state index < -0.39 is 0 Å². The predicted octanol–water partition coefficient (Wildman–Crippen LogP) is 2.88. The van der Waals surface area contributed by atoms with Gasteiger partial charge in [-0.25, -0.2) is 0 Å². The van der Waals surface area contributed by atoms with Crippen molar-refractivity contribution < 1.29 is 14.3 Å². The number of nitrogens with one attached hydrogen (secondary N) is 1. The van der Waals surface area contributed by atoms with Crippen LogP contribution in [0.3, 0.4) is 0 Å². The molecule has 1 atom stereocenters. The van der Waals surface area contributed by atoms with E-state index in [1.165, 1.54) is 23.2 Å². The lowest BCUT2D eigenvalue weighted by atomic mass is 9.95. The third kappa shape index (κ3) is 4.45. The predicted molar refractivity (Wildman–Crippen MR) is 118 cm³/mol. The SMILES string of the molecule is COc1ccccc1C(=O)NCC(c1ccc2c(c1)CCCN2C)N1CCOCC1. The van der Waals surface area contributed by atoms with Crippen molar-refractivity contribution in [1.29, 1.82) is 0 Å². The van der Waals surface area contributed by atoms with Gasteiger partial charge in [0.2, 0.25) is 0 Å². The van der Waals surface area contributed by atoms with Crippen LogP contribution in [0.25, 0.3) is 0 Å². The fraction of sp³-hybridized carbons (Fsp3) is 0.458. The Morgan fingerprint density at radius 1 is 1.17 bits per heavy atom. The van der Waals surface area contributed by atoms with Gasteiger partial charge in [-0.15, -0.1) is 0 Å². The van der Waals surface area contributed by atoms with Gasteiger partial charge in [0.05, 0.1) is 31.9 Å². The topological polar surface area (TPSA) is 54.0 Å². The first kappa shape index (κ1) is 20.7. The maximum atomic E-state index is 12.9. The third-order valence-electron chi connectivity index (χ3n) is 6.13. The van der Waals surface area contributed by atoms with Gasteiger partial charge in [0.15, 0.2) is 0 Å². The highest BCUT2D eigenvalue weighted by Gasteiger charge is 2.25. The number of rotatable bonds is 6. The number of para-hydroxylation sites is 1. The average molecular weight is 410 g/mol. The van der Waals surface area contributed by atoms with Crippen LogP contribution in [-0.2, 0) is 11.2 Å². The van der Waals surface area contributed by atoms with Gasteiger partial charge in [-0.2, -0.15) is 0 Å². The molecular weight excluding hydrogens is 378 g/mol. The zero-order valence-electron chi connectivity index (χ0n) is 17.9. The summed E-state index contributed by atoms with van der Waals surface area (Å²) in [6.45, 7) is 4.84. The molecule has 0 spiro atoms. The summed E-state index contributed by atoms with van der Waals surface area (Å²) >= 11 is 0. The van der Waals surface area contributed by atoms with E-state index in [1.54, 1.807) is 13.2 Å². The van der Waals surface area contributed by atoms with Gasteiger partial charge in [0.1, 0.15) is 5.75 Å². The van der Waals surface area contributed by atoms with E-state index >= 15 is 0 Å². The summed E-state index contributed by atoms with van der Waals surface area (Å²) in [5.74, 6) is 0.484. The molecule has 1 saturated heterocycles. The van der Waals surface area contributed by atoms with Crippen molar-refractivity contribution in [3.63, 3.8) is 0 Å². The largest absolute Gasteiger partial charge is 0.496 e. The summed E-state index contributed by atoms with van der Waals surface area (Å²) in [4.78, 5) is 17.6. The van der Waals surface area contributed by atoms with E-state index in [2.05, 4.69) is 40.4 Å². The number of fused-ring (bicyclic) bond motifs is 1. The third-order valence-corrected chi connectivity index (χ3v) is 6.13. The van der Waals surface area contributed by atoms with Gasteiger partial charge in [0.25, 0.3) is 5.91 Å². The fourth-order valence-corrected chi connectivity index (χ4v) is 4.48. The standard InChI is InChI=1S/C24H31N3O3/c1-26-11-5-6-18-16-19(9-10-21(18)26)22(27-12-14-30-15-13-27)17-25-24(28)20-7-3-4-8-23(20)29-2/h3-4,7-10,16,22H,5-6,11-15,17H2,1-2H3,(H,25,28). The molecule has 1 amide bonds. The van der Waals surface area contributed by atoms with Crippen LogP contribution in [-0.4, -0.2) is 64.4 Å². The monoisotopic (exact) mass is 409 g/mol. The highest BCUT2D eigenvalue weighted by Crippen LogP contribution is 2.31. The number of carbonyl (C=O) groups excluding carboxylic acids is 1. The molecule has 2 aromatic carbocycles. The summed E-state index contributed by atoms with van der Waals surface area (Å²) in [5, 5.41) is 3.15. The van der Waals surface area contributed by atoms with Gasteiger partial charge < -0.3 is 19.7 Å². The van der Waals surface area contributed by atoms with Crippen molar-refractivity contribution >= 4 is 11.6 Å². The van der Waals surface area contributed by atoms with Crippen LogP contribution in [0.5, 0.6) is 5.75 Å². The van der Waals surface area contributed by atoms with Crippen molar-refractivity contribution in [2.45, 2.75) is 18.9 Å². The fourth-order valence-electron chi connectivity index (χ4n) is 4.48. The number of methoxy groups -OCH3 is 1. The summed E-state index contributed by atoms with van der Waals surface area (Å²) in [6.07, 6.45) is 2.29. The lowest BCUT2D eigenvalue weighted by molar-refractivity contribution is 0.0162. The number of aryl methyl sites for hydroxylation is 1. The number of hydrogen-bond donors (Lipinski definition) is 1. The molecule has 0 radical (unpaired) electrons. The zero-order chi connectivity index (χ0) is 20.9. The molecule has 0 bridgehead atoms. The highest BCUT2D eigenvalue weighted by atomic mass is 16.5. The average Bonchev–Trinajstić information content (AvgIpc) is 2.80. The van der Waals surface area contributed by atoms with Crippen LogP contribution in [0.2, 0.25) is 0 Å². The van der Waals surface area contributed by atoms with Crippen LogP contribution in [0.4, 0.5) is 5.69 Å². The minimum absolute atomic E-state index is 0.108. The van der Waals surface area contributed by atoms with Crippen LogP contribution in [0.15, 0.2) is 42.5 Å². The maximum absolute atomic E-state index is 12.9. The maximum Gasteiger partial charge on any atom is 0.255 e. The Kier molecular flexibility index (Phi) is 6.55. The minimum Gasteiger partial charge on any atom is -0.496 e. The van der Waals surface area contributed by atoms with Crippen LogP contribution >= 0.6 is 0 Å². The quantitative estimate of drug-likeness (QED) is 0.795. The van der Waals surface area contributed by atoms with Gasteiger partial charge in [-0.05, 0) is 42.2 Å². The van der Waals surface area contributed by atoms with Crippen LogP contribution in [0, 0.1) is 0 Å². The molecule has 6 nitrogen and oxygen atoms in total. The number of hydrogen-bond acceptors (Lipinski definition) is 5. The van der Waals surface area contributed by atoms with Crippen molar-refractivity contribution in [2.24, 2.45) is 0 Å². The van der Waals surface area contributed by atoms with Gasteiger partial charge in [-0.1, -0.05) is 24.3 Å². The summed E-state index contributed by atoms with van der Waals surface area (Å²) in [6, 6.07) is 14.2. The highest BCUT2D eigenvalue weighted by molar-refractivity contribution is 5.96. The molecule has 4 rings (SSSR count). The van der Waals surface area contributed by atoms with Gasteiger partial charge >= 0.3 is 0 Å². The number of benzene rings is 2. The second kappa shape index (κ2) is 9.49. The number of anilines is 1. The Balaban J connectivity index is 1.55. The van der Waals surface area contributed by atoms with E-state index in [4.69, 9.17) is 9.47 Å². The molecule has 2 aliphatic rings. The van der Waals surface area contributed by atoms with E-state index in [1.807, 2.05) is 18.2 Å². The molecule has 30 heavy (non-hydrogen) atoms. The van der Waals surface area contributed by atoms with Crippen molar-refractivity contribution in [2.75, 3.05) is 58.5 Å². The van der Waals surface area contributed by atoms with E-state index in [0.29, 0.717) is 17.9 Å². The van der Waals surface area contributed by atoms with E-state index in [9.17, 15) is 4.79 Å². The zero-order valence-corrected chi connectivity index (χ0v) is 17.9. The Morgan fingerprint density at radius 2 is 1.97 bits per heavy atom. The normalized spacial score (nSPS) is 17.9. The molecule has 2 aliphatic heterocycles. The molecule has 0 aliphatic carbocycles. The molecule has 6 heteroatoms. The number of carbonyl (C=O) groups is 1. The van der Waals surface area contributed by atoms with E-state index in [-0.39, 0.29) is 11.9 Å². The lowest BCUT2D eigenvalue weighted by Gasteiger charge is -2.36. The van der Waals surface area contributed by atoms with Gasteiger partial charge in [-0.3, -0.25) is 9.69 Å². The lowest BCUT2D eigenvalue weighted by Crippen LogP contribution is -2.44. The van der Waals surface area contributed by atoms with E-state index in [0.717, 1.165) is 39.3 Å². The molecule has 2 heterocycles. The molecule has 1 fully saturated rings. The first-order chi connectivity index (χ1) is 14.7. The Bertz CT molecular complexity index is 880. The minimum atomic E-state index is -0.108. The molecule has 2 aromatic rings.